The van der Waals surface area contributed by atoms with E-state index in [0.717, 1.165) is 23.5 Å². The van der Waals surface area contributed by atoms with Crippen LogP contribution in [0.3, 0.4) is 0 Å². The molecular weight excluding hydrogens is 226 g/mol. The highest BCUT2D eigenvalue weighted by Gasteiger charge is 2.06. The third kappa shape index (κ3) is 2.90. The van der Waals surface area contributed by atoms with Gasteiger partial charge in [-0.1, -0.05) is 0 Å². The lowest BCUT2D eigenvalue weighted by atomic mass is 10.2. The van der Waals surface area contributed by atoms with Crippen LogP contribution in [-0.4, -0.2) is 19.1 Å². The summed E-state index contributed by atoms with van der Waals surface area (Å²) < 4.78 is 5.07. The molecule has 96 valence electrons. The van der Waals surface area contributed by atoms with Crippen LogP contribution in [0.5, 0.6) is 0 Å². The minimum Gasteiger partial charge on any atom is -0.472 e. The number of hydrogen-bond acceptors (Lipinski definition) is 4. The molecule has 2 rings (SSSR count). The quantitative estimate of drug-likeness (QED) is 0.879. The lowest BCUT2D eigenvalue weighted by molar-refractivity contribution is 0.563. The maximum Gasteiger partial charge on any atom is 0.0952 e. The molecule has 0 fully saturated rings. The van der Waals surface area contributed by atoms with Crippen LogP contribution in [0, 0.1) is 0 Å². The molecule has 4 heteroatoms. The van der Waals surface area contributed by atoms with Gasteiger partial charge in [-0.05, 0) is 32.2 Å². The zero-order valence-electron chi connectivity index (χ0n) is 11.1. The van der Waals surface area contributed by atoms with Gasteiger partial charge in [0.1, 0.15) is 0 Å². The van der Waals surface area contributed by atoms with Crippen molar-refractivity contribution >= 4 is 5.69 Å². The second-order valence-electron chi connectivity index (χ2n) is 4.44. The van der Waals surface area contributed by atoms with Gasteiger partial charge >= 0.3 is 0 Å². The second-order valence-corrected chi connectivity index (χ2v) is 4.44. The third-order valence-electron chi connectivity index (χ3n) is 3.09. The normalized spacial score (nSPS) is 12.4. The predicted molar refractivity (Wildman–Crippen MR) is 72.5 cm³/mol. The number of aromatic nitrogens is 1. The van der Waals surface area contributed by atoms with Crippen LogP contribution < -0.4 is 10.2 Å². The van der Waals surface area contributed by atoms with Gasteiger partial charge in [-0.3, -0.25) is 4.98 Å². The summed E-state index contributed by atoms with van der Waals surface area (Å²) in [6.07, 6.45) is 5.36. The average Bonchev–Trinajstić information content (AvgIpc) is 2.91. The summed E-state index contributed by atoms with van der Waals surface area (Å²) in [5.41, 5.74) is 3.31. The van der Waals surface area contributed by atoms with E-state index >= 15 is 0 Å². The van der Waals surface area contributed by atoms with Gasteiger partial charge in [-0.2, -0.15) is 0 Å². The minimum atomic E-state index is 0.276. The van der Waals surface area contributed by atoms with Crippen molar-refractivity contribution in [3.05, 3.63) is 48.2 Å². The van der Waals surface area contributed by atoms with Gasteiger partial charge < -0.3 is 14.6 Å². The van der Waals surface area contributed by atoms with E-state index in [1.165, 1.54) is 0 Å². The number of nitrogens with one attached hydrogen (secondary N) is 1. The topological polar surface area (TPSA) is 41.3 Å². The number of furan rings is 1. The van der Waals surface area contributed by atoms with E-state index in [2.05, 4.69) is 34.3 Å². The number of nitrogens with zero attached hydrogens (tertiary/aromatic N) is 2. The standard InChI is InChI=1S/C14H19N3O/c1-11(15-2)14-5-4-13(8-16-14)17(3)9-12-6-7-18-10-12/h4-8,10-11,15H,9H2,1-3H3. The van der Waals surface area contributed by atoms with Crippen molar-refractivity contribution in [1.29, 1.82) is 0 Å². The summed E-state index contributed by atoms with van der Waals surface area (Å²) in [5, 5.41) is 3.18. The van der Waals surface area contributed by atoms with Crippen LogP contribution in [0.4, 0.5) is 5.69 Å². The van der Waals surface area contributed by atoms with E-state index in [1.807, 2.05) is 26.4 Å². The molecule has 2 aromatic rings. The molecule has 0 aliphatic rings. The zero-order chi connectivity index (χ0) is 13.0. The Morgan fingerprint density at radius 1 is 1.39 bits per heavy atom. The summed E-state index contributed by atoms with van der Waals surface area (Å²) in [5.74, 6) is 0. The predicted octanol–water partition coefficient (Wildman–Crippen LogP) is 2.59. The van der Waals surface area contributed by atoms with Crippen LogP contribution in [0.15, 0.2) is 41.3 Å². The Morgan fingerprint density at radius 2 is 2.22 bits per heavy atom. The first-order valence-electron chi connectivity index (χ1n) is 6.06. The van der Waals surface area contributed by atoms with Gasteiger partial charge in [0.2, 0.25) is 0 Å². The minimum absolute atomic E-state index is 0.276. The molecule has 1 atom stereocenters. The Labute approximate surface area is 108 Å². The smallest absolute Gasteiger partial charge is 0.0952 e. The SMILES string of the molecule is CNC(C)c1ccc(N(C)Cc2ccoc2)cn1. The van der Waals surface area contributed by atoms with Gasteiger partial charge in [-0.15, -0.1) is 0 Å². The molecule has 0 aromatic carbocycles. The highest BCUT2D eigenvalue weighted by atomic mass is 16.3. The molecule has 0 radical (unpaired) electrons. The molecule has 0 spiro atoms. The van der Waals surface area contributed by atoms with Crippen molar-refractivity contribution in [3.8, 4) is 0 Å². The summed E-state index contributed by atoms with van der Waals surface area (Å²) in [6, 6.07) is 6.40. The Morgan fingerprint density at radius 3 is 2.78 bits per heavy atom. The molecule has 0 amide bonds. The second kappa shape index (κ2) is 5.69. The molecule has 1 N–H and O–H groups in total. The molecule has 0 aliphatic heterocycles. The van der Waals surface area contributed by atoms with Crippen LogP contribution >= 0.6 is 0 Å². The number of hydrogen-bond donors (Lipinski definition) is 1. The number of pyridine rings is 1. The largest absolute Gasteiger partial charge is 0.472 e. The van der Waals surface area contributed by atoms with Gasteiger partial charge in [0, 0.05) is 25.2 Å². The fraction of sp³-hybridized carbons (Fsp3) is 0.357. The molecular formula is C14H19N3O. The molecule has 0 aliphatic carbocycles. The summed E-state index contributed by atoms with van der Waals surface area (Å²) in [7, 11) is 3.98. The summed E-state index contributed by atoms with van der Waals surface area (Å²) in [6.45, 7) is 2.91. The molecule has 1 unspecified atom stereocenters. The van der Waals surface area contributed by atoms with Gasteiger partial charge in [0.25, 0.3) is 0 Å². The maximum absolute atomic E-state index is 5.07. The van der Waals surface area contributed by atoms with Gasteiger partial charge in [-0.25, -0.2) is 0 Å². The number of rotatable bonds is 5. The first kappa shape index (κ1) is 12.6. The summed E-state index contributed by atoms with van der Waals surface area (Å²) in [4.78, 5) is 6.62. The van der Waals surface area contributed by atoms with Crippen molar-refractivity contribution < 1.29 is 4.42 Å². The van der Waals surface area contributed by atoms with Crippen molar-refractivity contribution in [2.45, 2.75) is 19.5 Å². The number of anilines is 1. The van der Waals surface area contributed by atoms with E-state index in [9.17, 15) is 0 Å². The highest BCUT2D eigenvalue weighted by Crippen LogP contribution is 2.17. The van der Waals surface area contributed by atoms with E-state index in [0.29, 0.717) is 0 Å². The molecule has 0 saturated heterocycles. The van der Waals surface area contributed by atoms with E-state index in [4.69, 9.17) is 4.42 Å². The molecule has 2 heterocycles. The first-order valence-corrected chi connectivity index (χ1v) is 6.06. The third-order valence-corrected chi connectivity index (χ3v) is 3.09. The van der Waals surface area contributed by atoms with E-state index in [-0.39, 0.29) is 6.04 Å². The Kier molecular flexibility index (Phi) is 3.99. The maximum atomic E-state index is 5.07. The zero-order valence-corrected chi connectivity index (χ0v) is 11.1. The monoisotopic (exact) mass is 245 g/mol. The summed E-state index contributed by atoms with van der Waals surface area (Å²) >= 11 is 0. The van der Waals surface area contributed by atoms with Gasteiger partial charge in [0.05, 0.1) is 30.1 Å². The lowest BCUT2D eigenvalue weighted by Crippen LogP contribution is -2.17. The van der Waals surface area contributed by atoms with Crippen molar-refractivity contribution in [2.24, 2.45) is 0 Å². The van der Waals surface area contributed by atoms with Crippen LogP contribution in [0.1, 0.15) is 24.2 Å². The Hall–Kier alpha value is -1.81. The molecule has 2 aromatic heterocycles. The fourth-order valence-corrected chi connectivity index (χ4v) is 1.78. The van der Waals surface area contributed by atoms with Crippen LogP contribution in [0.25, 0.3) is 0 Å². The molecule has 4 nitrogen and oxygen atoms in total. The van der Waals surface area contributed by atoms with Crippen molar-refractivity contribution in [2.75, 3.05) is 19.0 Å². The first-order chi connectivity index (χ1) is 8.70. The van der Waals surface area contributed by atoms with Crippen molar-refractivity contribution in [3.63, 3.8) is 0 Å². The average molecular weight is 245 g/mol. The molecule has 0 saturated carbocycles. The molecule has 0 bridgehead atoms. The highest BCUT2D eigenvalue weighted by molar-refractivity contribution is 5.44. The lowest BCUT2D eigenvalue weighted by Gasteiger charge is -2.19. The Balaban J connectivity index is 2.04. The Bertz CT molecular complexity index is 464. The van der Waals surface area contributed by atoms with Crippen LogP contribution in [0.2, 0.25) is 0 Å². The van der Waals surface area contributed by atoms with E-state index in [1.54, 1.807) is 12.5 Å². The van der Waals surface area contributed by atoms with Crippen LogP contribution in [-0.2, 0) is 6.54 Å². The molecule has 18 heavy (non-hydrogen) atoms. The van der Waals surface area contributed by atoms with E-state index < -0.39 is 0 Å². The van der Waals surface area contributed by atoms with Crippen molar-refractivity contribution in [1.82, 2.24) is 10.3 Å². The fourth-order valence-electron chi connectivity index (χ4n) is 1.78. The van der Waals surface area contributed by atoms with Gasteiger partial charge in [0.15, 0.2) is 0 Å².